The molecule has 0 saturated heterocycles. The van der Waals surface area contributed by atoms with Crippen LogP contribution in [-0.2, 0) is 6.54 Å². The molecule has 1 aromatic heterocycles. The highest BCUT2D eigenvalue weighted by molar-refractivity contribution is 9.10. The van der Waals surface area contributed by atoms with Crippen molar-refractivity contribution >= 4 is 48.9 Å². The van der Waals surface area contributed by atoms with Gasteiger partial charge in [-0.25, -0.2) is 0 Å². The predicted octanol–water partition coefficient (Wildman–Crippen LogP) is 5.19. The van der Waals surface area contributed by atoms with Crippen LogP contribution in [0.2, 0.25) is 0 Å². The summed E-state index contributed by atoms with van der Waals surface area (Å²) in [5.41, 5.74) is 2.42. The summed E-state index contributed by atoms with van der Waals surface area (Å²) in [5.74, 6) is 0. The summed E-state index contributed by atoms with van der Waals surface area (Å²) in [6.07, 6.45) is 0. The fraction of sp³-hybridized carbons (Fsp3) is 0.167. The number of hydrogen-bond acceptors (Lipinski definition) is 2. The van der Waals surface area contributed by atoms with E-state index in [9.17, 15) is 0 Å². The number of halogens is 2. The Morgan fingerprint density at radius 1 is 1.19 bits per heavy atom. The third-order valence-electron chi connectivity index (χ3n) is 2.40. The molecular weight excluding hydrogens is 350 g/mol. The summed E-state index contributed by atoms with van der Waals surface area (Å²) >= 11 is 8.82. The minimum Gasteiger partial charge on any atom is -0.380 e. The first-order chi connectivity index (χ1) is 7.68. The highest BCUT2D eigenvalue weighted by Gasteiger charge is 2.04. The van der Waals surface area contributed by atoms with Gasteiger partial charge in [0.05, 0.1) is 6.54 Å². The molecule has 0 unspecified atom stereocenters. The van der Waals surface area contributed by atoms with Crippen LogP contribution in [-0.4, -0.2) is 0 Å². The van der Waals surface area contributed by atoms with Gasteiger partial charge in [0.2, 0.25) is 0 Å². The van der Waals surface area contributed by atoms with Crippen molar-refractivity contribution in [2.45, 2.75) is 13.5 Å². The van der Waals surface area contributed by atoms with E-state index >= 15 is 0 Å². The lowest BCUT2D eigenvalue weighted by Gasteiger charge is -2.10. The first-order valence-electron chi connectivity index (χ1n) is 4.89. The van der Waals surface area contributed by atoms with Crippen molar-refractivity contribution in [1.29, 1.82) is 0 Å². The number of anilines is 1. The second kappa shape index (κ2) is 5.34. The summed E-state index contributed by atoms with van der Waals surface area (Å²) in [4.78, 5) is 1.32. The quantitative estimate of drug-likeness (QED) is 0.793. The van der Waals surface area contributed by atoms with Gasteiger partial charge in [-0.2, -0.15) is 0 Å². The van der Waals surface area contributed by atoms with Crippen molar-refractivity contribution < 1.29 is 0 Å². The van der Waals surface area contributed by atoms with Crippen LogP contribution in [0.5, 0.6) is 0 Å². The highest BCUT2D eigenvalue weighted by Crippen LogP contribution is 2.26. The van der Waals surface area contributed by atoms with E-state index in [4.69, 9.17) is 0 Å². The summed E-state index contributed by atoms with van der Waals surface area (Å²) in [6, 6.07) is 8.28. The monoisotopic (exact) mass is 359 g/mol. The zero-order valence-corrected chi connectivity index (χ0v) is 12.7. The topological polar surface area (TPSA) is 12.0 Å². The molecule has 0 aliphatic carbocycles. The number of nitrogens with one attached hydrogen (secondary N) is 1. The molecule has 1 N–H and O–H groups in total. The predicted molar refractivity (Wildman–Crippen MR) is 78.2 cm³/mol. The van der Waals surface area contributed by atoms with Gasteiger partial charge in [-0.05, 0) is 52.0 Å². The maximum absolute atomic E-state index is 3.53. The molecule has 0 saturated carbocycles. The summed E-state index contributed by atoms with van der Waals surface area (Å²) in [6.45, 7) is 2.96. The largest absolute Gasteiger partial charge is 0.380 e. The fourth-order valence-corrected chi connectivity index (χ4v) is 3.22. The fourth-order valence-electron chi connectivity index (χ4n) is 1.43. The second-order valence-corrected chi connectivity index (χ2v) is 6.17. The molecule has 0 amide bonds. The van der Waals surface area contributed by atoms with Crippen LogP contribution in [0.4, 0.5) is 5.69 Å². The zero-order valence-electron chi connectivity index (χ0n) is 8.76. The maximum atomic E-state index is 3.53. The third kappa shape index (κ3) is 2.67. The van der Waals surface area contributed by atoms with Gasteiger partial charge in [-0.3, -0.25) is 0 Å². The Morgan fingerprint density at radius 2 is 2.00 bits per heavy atom. The average Bonchev–Trinajstić information content (AvgIpc) is 2.67. The van der Waals surface area contributed by atoms with Crippen molar-refractivity contribution in [3.63, 3.8) is 0 Å². The Morgan fingerprint density at radius 3 is 2.69 bits per heavy atom. The van der Waals surface area contributed by atoms with Gasteiger partial charge in [-0.1, -0.05) is 22.0 Å². The van der Waals surface area contributed by atoms with E-state index in [1.54, 1.807) is 11.3 Å². The number of thiophene rings is 1. The maximum Gasteiger partial charge on any atom is 0.0505 e. The van der Waals surface area contributed by atoms with E-state index in [0.29, 0.717) is 0 Å². The Balaban J connectivity index is 2.11. The van der Waals surface area contributed by atoms with Crippen LogP contribution < -0.4 is 5.32 Å². The molecule has 0 aliphatic rings. The molecule has 0 fully saturated rings. The summed E-state index contributed by atoms with van der Waals surface area (Å²) in [5, 5.41) is 5.54. The van der Waals surface area contributed by atoms with Crippen molar-refractivity contribution in [3.05, 3.63) is 49.0 Å². The zero-order chi connectivity index (χ0) is 11.5. The Kier molecular flexibility index (Phi) is 4.05. The Labute approximate surface area is 116 Å². The third-order valence-corrected chi connectivity index (χ3v) is 5.18. The van der Waals surface area contributed by atoms with E-state index in [2.05, 4.69) is 67.7 Å². The number of rotatable bonds is 3. The molecule has 0 spiro atoms. The molecule has 0 aliphatic heterocycles. The first-order valence-corrected chi connectivity index (χ1v) is 7.36. The Bertz CT molecular complexity index is 494. The number of benzene rings is 1. The molecule has 1 nitrogen and oxygen atoms in total. The van der Waals surface area contributed by atoms with E-state index in [0.717, 1.165) is 11.0 Å². The molecule has 84 valence electrons. The van der Waals surface area contributed by atoms with Crippen LogP contribution in [0.25, 0.3) is 0 Å². The lowest BCUT2D eigenvalue weighted by molar-refractivity contribution is 1.17. The molecular formula is C12H11Br2NS. The minimum atomic E-state index is 0.857. The van der Waals surface area contributed by atoms with Gasteiger partial charge < -0.3 is 5.32 Å². The first kappa shape index (κ1) is 12.1. The second-order valence-electron chi connectivity index (χ2n) is 3.46. The summed E-state index contributed by atoms with van der Waals surface area (Å²) < 4.78 is 2.32. The van der Waals surface area contributed by atoms with Crippen LogP contribution in [0.15, 0.2) is 38.6 Å². The van der Waals surface area contributed by atoms with Gasteiger partial charge in [-0.15, -0.1) is 11.3 Å². The lowest BCUT2D eigenvalue weighted by Crippen LogP contribution is -1.99. The van der Waals surface area contributed by atoms with Crippen LogP contribution in [0.3, 0.4) is 0 Å². The smallest absolute Gasteiger partial charge is 0.0505 e. The molecule has 0 atom stereocenters. The van der Waals surface area contributed by atoms with E-state index in [-0.39, 0.29) is 0 Å². The standard InChI is InChI=1S/C12H11Br2NS/c1-8-9(13)3-2-4-11(8)15-7-12-10(14)5-6-16-12/h2-6,15H,7H2,1H3. The highest BCUT2D eigenvalue weighted by atomic mass is 79.9. The van der Waals surface area contributed by atoms with Gasteiger partial charge in [0.25, 0.3) is 0 Å². The SMILES string of the molecule is Cc1c(Br)cccc1NCc1sccc1Br. The van der Waals surface area contributed by atoms with Gasteiger partial charge in [0.15, 0.2) is 0 Å². The van der Waals surface area contributed by atoms with Crippen molar-refractivity contribution in [1.82, 2.24) is 0 Å². The van der Waals surface area contributed by atoms with Crippen LogP contribution in [0.1, 0.15) is 10.4 Å². The molecule has 2 aromatic rings. The van der Waals surface area contributed by atoms with E-state index in [1.165, 1.54) is 20.6 Å². The normalized spacial score (nSPS) is 10.4. The van der Waals surface area contributed by atoms with Gasteiger partial charge in [0, 0.05) is 19.5 Å². The van der Waals surface area contributed by atoms with Crippen LogP contribution in [0, 0.1) is 6.92 Å². The lowest BCUT2D eigenvalue weighted by atomic mass is 10.2. The molecule has 0 bridgehead atoms. The van der Waals surface area contributed by atoms with Crippen LogP contribution >= 0.6 is 43.2 Å². The average molecular weight is 361 g/mol. The van der Waals surface area contributed by atoms with Crippen molar-refractivity contribution in [3.8, 4) is 0 Å². The van der Waals surface area contributed by atoms with Gasteiger partial charge in [0.1, 0.15) is 0 Å². The summed E-state index contributed by atoms with van der Waals surface area (Å²) in [7, 11) is 0. The molecule has 0 radical (unpaired) electrons. The molecule has 4 heteroatoms. The van der Waals surface area contributed by atoms with Crippen molar-refractivity contribution in [2.75, 3.05) is 5.32 Å². The van der Waals surface area contributed by atoms with E-state index < -0.39 is 0 Å². The van der Waals surface area contributed by atoms with E-state index in [1.807, 2.05) is 6.07 Å². The molecule has 16 heavy (non-hydrogen) atoms. The van der Waals surface area contributed by atoms with Gasteiger partial charge >= 0.3 is 0 Å². The van der Waals surface area contributed by atoms with Crippen molar-refractivity contribution in [2.24, 2.45) is 0 Å². The molecule has 1 heterocycles. The Hall–Kier alpha value is -0.320. The molecule has 1 aromatic carbocycles. The number of hydrogen-bond donors (Lipinski definition) is 1. The molecule has 2 rings (SSSR count). The minimum absolute atomic E-state index is 0.857.